The summed E-state index contributed by atoms with van der Waals surface area (Å²) >= 11 is 4.96. The largest absolute Gasteiger partial charge is 0.462 e. The molecule has 1 fully saturated rings. The molecule has 1 heterocycles. The second kappa shape index (κ2) is 7.86. The maximum Gasteiger partial charge on any atom is 0.223 e. The summed E-state index contributed by atoms with van der Waals surface area (Å²) in [6.07, 6.45) is -4.98. The van der Waals surface area contributed by atoms with E-state index in [0.29, 0.717) is 11.3 Å². The maximum absolute atomic E-state index is 11.4. The van der Waals surface area contributed by atoms with Crippen LogP contribution in [0.5, 0.6) is 5.75 Å². The van der Waals surface area contributed by atoms with Gasteiger partial charge in [-0.25, -0.2) is 0 Å². The van der Waals surface area contributed by atoms with E-state index in [1.54, 1.807) is 24.3 Å². The highest BCUT2D eigenvalue weighted by atomic mass is 32.1. The van der Waals surface area contributed by atoms with Gasteiger partial charge in [-0.2, -0.15) is 0 Å². The van der Waals surface area contributed by atoms with E-state index in [1.165, 1.54) is 6.92 Å². The average Bonchev–Trinajstić information content (AvgIpc) is 2.54. The van der Waals surface area contributed by atoms with Crippen molar-refractivity contribution in [2.24, 2.45) is 5.73 Å². The molecular formula is C15H20N2O6S. The van der Waals surface area contributed by atoms with Crippen LogP contribution in [0, 0.1) is 0 Å². The van der Waals surface area contributed by atoms with Crippen LogP contribution in [-0.2, 0) is 9.53 Å². The van der Waals surface area contributed by atoms with E-state index in [0.717, 1.165) is 0 Å². The first-order chi connectivity index (χ1) is 11.3. The summed E-state index contributed by atoms with van der Waals surface area (Å²) in [5.74, 6) is -0.140. The third kappa shape index (κ3) is 4.00. The third-order valence-electron chi connectivity index (χ3n) is 3.65. The van der Waals surface area contributed by atoms with Gasteiger partial charge in [0.05, 0.1) is 12.2 Å². The van der Waals surface area contributed by atoms with Crippen molar-refractivity contribution in [1.82, 2.24) is 5.32 Å². The molecule has 0 saturated carbocycles. The molecule has 1 aromatic carbocycles. The minimum Gasteiger partial charge on any atom is -0.462 e. The molecule has 8 nitrogen and oxygen atoms in total. The molecule has 5 atom stereocenters. The number of thiocarbonyl (C=S) groups is 1. The molecule has 0 radical (unpaired) electrons. The lowest BCUT2D eigenvalue weighted by Gasteiger charge is -2.42. The molecule has 24 heavy (non-hydrogen) atoms. The highest BCUT2D eigenvalue weighted by molar-refractivity contribution is 7.80. The number of hydrogen-bond acceptors (Lipinski definition) is 7. The number of nitrogens with two attached hydrogens (primary N) is 1. The second-order valence-electron chi connectivity index (χ2n) is 5.41. The Hall–Kier alpha value is -1.78. The fourth-order valence-electron chi connectivity index (χ4n) is 2.47. The average molecular weight is 356 g/mol. The standard InChI is InChI=1S/C15H20N2O6S/c1-7(19)17-11-13(21)12(20)10(6-18)23-15(11)22-9-5-3-2-4-8(9)14(16)24/h2-5,10-13,15,18,20-21H,6H2,1H3,(H2,16,24)(H,17,19)/t10-,11-,12-,13-,15+/m1/s1. The predicted molar refractivity (Wildman–Crippen MR) is 88.3 cm³/mol. The highest BCUT2D eigenvalue weighted by Crippen LogP contribution is 2.26. The van der Waals surface area contributed by atoms with E-state index in [1.807, 2.05) is 0 Å². The number of ether oxygens (including phenoxy) is 2. The fourth-order valence-corrected chi connectivity index (χ4v) is 2.64. The Morgan fingerprint density at radius 1 is 1.38 bits per heavy atom. The lowest BCUT2D eigenvalue weighted by atomic mass is 9.97. The molecule has 132 valence electrons. The Morgan fingerprint density at radius 2 is 2.04 bits per heavy atom. The van der Waals surface area contributed by atoms with E-state index < -0.39 is 43.2 Å². The first-order valence-electron chi connectivity index (χ1n) is 7.30. The molecule has 1 aromatic rings. The Labute approximate surface area is 144 Å². The monoisotopic (exact) mass is 356 g/mol. The molecule has 0 unspecified atom stereocenters. The summed E-state index contributed by atoms with van der Waals surface area (Å²) < 4.78 is 11.2. The molecule has 0 aliphatic carbocycles. The molecule has 0 bridgehead atoms. The topological polar surface area (TPSA) is 134 Å². The van der Waals surface area contributed by atoms with Gasteiger partial charge < -0.3 is 35.8 Å². The van der Waals surface area contributed by atoms with Gasteiger partial charge in [0.1, 0.15) is 35.1 Å². The van der Waals surface area contributed by atoms with Crippen molar-refractivity contribution < 1.29 is 29.6 Å². The molecule has 9 heteroatoms. The number of aliphatic hydroxyl groups excluding tert-OH is 3. The Kier molecular flexibility index (Phi) is 6.08. The Balaban J connectivity index is 2.30. The lowest BCUT2D eigenvalue weighted by Crippen LogP contribution is -2.65. The quantitative estimate of drug-likeness (QED) is 0.409. The number of benzene rings is 1. The Morgan fingerprint density at radius 3 is 2.62 bits per heavy atom. The summed E-state index contributed by atoms with van der Waals surface area (Å²) in [5.41, 5.74) is 6.11. The number of para-hydroxylation sites is 1. The molecule has 1 aliphatic heterocycles. The summed E-state index contributed by atoms with van der Waals surface area (Å²) in [7, 11) is 0. The van der Waals surface area contributed by atoms with E-state index in [9.17, 15) is 20.1 Å². The maximum atomic E-state index is 11.4. The number of carbonyl (C=O) groups excluding carboxylic acids is 1. The van der Waals surface area contributed by atoms with Crippen LogP contribution in [-0.4, -0.2) is 63.5 Å². The van der Waals surface area contributed by atoms with Gasteiger partial charge in [-0.3, -0.25) is 4.79 Å². The van der Waals surface area contributed by atoms with Crippen LogP contribution in [0.3, 0.4) is 0 Å². The smallest absolute Gasteiger partial charge is 0.223 e. The number of carbonyl (C=O) groups is 1. The van der Waals surface area contributed by atoms with Gasteiger partial charge in [0, 0.05) is 6.92 Å². The zero-order chi connectivity index (χ0) is 17.9. The molecule has 1 amide bonds. The number of amides is 1. The van der Waals surface area contributed by atoms with Crippen LogP contribution in [0.1, 0.15) is 12.5 Å². The summed E-state index contributed by atoms with van der Waals surface area (Å²) in [5, 5.41) is 32.0. The van der Waals surface area contributed by atoms with Crippen LogP contribution in [0.15, 0.2) is 24.3 Å². The molecule has 0 spiro atoms. The van der Waals surface area contributed by atoms with Crippen molar-refractivity contribution in [3.05, 3.63) is 29.8 Å². The van der Waals surface area contributed by atoms with Crippen molar-refractivity contribution in [3.63, 3.8) is 0 Å². The van der Waals surface area contributed by atoms with Crippen molar-refractivity contribution >= 4 is 23.1 Å². The van der Waals surface area contributed by atoms with Gasteiger partial charge in [-0.05, 0) is 12.1 Å². The van der Waals surface area contributed by atoms with Gasteiger partial charge in [0.15, 0.2) is 0 Å². The molecule has 1 saturated heterocycles. The normalized spacial score (nSPS) is 29.8. The van der Waals surface area contributed by atoms with Gasteiger partial charge in [0.25, 0.3) is 0 Å². The van der Waals surface area contributed by atoms with E-state index in [-0.39, 0.29) is 4.99 Å². The van der Waals surface area contributed by atoms with Crippen molar-refractivity contribution in [1.29, 1.82) is 0 Å². The van der Waals surface area contributed by atoms with Crippen molar-refractivity contribution in [2.75, 3.05) is 6.61 Å². The van der Waals surface area contributed by atoms with E-state index >= 15 is 0 Å². The summed E-state index contributed by atoms with van der Waals surface area (Å²) in [4.78, 5) is 11.5. The lowest BCUT2D eigenvalue weighted by molar-refractivity contribution is -0.244. The fraction of sp³-hybridized carbons (Fsp3) is 0.467. The molecule has 1 aliphatic rings. The SMILES string of the molecule is CC(=O)N[C@H]1[C@@H](Oc2ccccc2C(N)=S)O[C@H](CO)[C@@H](O)[C@@H]1O. The summed E-state index contributed by atoms with van der Waals surface area (Å²) in [6, 6.07) is 5.64. The first-order valence-corrected chi connectivity index (χ1v) is 7.71. The van der Waals surface area contributed by atoms with Crippen molar-refractivity contribution in [2.45, 2.75) is 37.6 Å². The van der Waals surface area contributed by atoms with Gasteiger partial charge in [0.2, 0.25) is 12.2 Å². The molecule has 0 aromatic heterocycles. The first kappa shape index (κ1) is 18.6. The number of aliphatic hydroxyl groups is 3. The van der Waals surface area contributed by atoms with Gasteiger partial charge in [-0.15, -0.1) is 0 Å². The second-order valence-corrected chi connectivity index (χ2v) is 5.85. The summed E-state index contributed by atoms with van der Waals surface area (Å²) in [6.45, 7) is 0.735. The molecular weight excluding hydrogens is 336 g/mol. The van der Waals surface area contributed by atoms with Crippen LogP contribution in [0.4, 0.5) is 0 Å². The van der Waals surface area contributed by atoms with Gasteiger partial charge >= 0.3 is 0 Å². The number of rotatable bonds is 5. The van der Waals surface area contributed by atoms with Gasteiger partial charge in [-0.1, -0.05) is 24.4 Å². The van der Waals surface area contributed by atoms with Crippen LogP contribution in [0.2, 0.25) is 0 Å². The van der Waals surface area contributed by atoms with E-state index in [4.69, 9.17) is 27.4 Å². The molecule has 2 rings (SSSR count). The van der Waals surface area contributed by atoms with E-state index in [2.05, 4.69) is 5.32 Å². The van der Waals surface area contributed by atoms with Crippen LogP contribution in [0.25, 0.3) is 0 Å². The zero-order valence-electron chi connectivity index (χ0n) is 13.0. The Bertz CT molecular complexity index is 613. The zero-order valence-corrected chi connectivity index (χ0v) is 13.8. The predicted octanol–water partition coefficient (Wildman–Crippen LogP) is -1.36. The number of hydrogen-bond donors (Lipinski definition) is 5. The van der Waals surface area contributed by atoms with Crippen LogP contribution >= 0.6 is 12.2 Å². The minimum atomic E-state index is -1.39. The van der Waals surface area contributed by atoms with Crippen LogP contribution < -0.4 is 15.8 Å². The van der Waals surface area contributed by atoms with Crippen molar-refractivity contribution in [3.8, 4) is 5.75 Å². The molecule has 6 N–H and O–H groups in total. The minimum absolute atomic E-state index is 0.108. The number of nitrogens with one attached hydrogen (secondary N) is 1. The third-order valence-corrected chi connectivity index (χ3v) is 3.87. The highest BCUT2D eigenvalue weighted by Gasteiger charge is 2.46.